The first-order valence-electron chi connectivity index (χ1n) is 4.32. The number of hydrogen-bond donors (Lipinski definition) is 1. The van der Waals surface area contributed by atoms with Gasteiger partial charge in [-0.2, -0.15) is 0 Å². The monoisotopic (exact) mass is 197 g/mol. The van der Waals surface area contributed by atoms with Gasteiger partial charge in [-0.25, -0.2) is 9.97 Å². The molecule has 1 aromatic heterocycles. The van der Waals surface area contributed by atoms with E-state index in [1.54, 1.807) is 12.4 Å². The van der Waals surface area contributed by atoms with Crippen LogP contribution in [-0.4, -0.2) is 16.0 Å². The predicted molar refractivity (Wildman–Crippen MR) is 52.9 cm³/mol. The van der Waals surface area contributed by atoms with Gasteiger partial charge >= 0.3 is 0 Å². The predicted octanol–water partition coefficient (Wildman–Crippen LogP) is 2.34. The van der Waals surface area contributed by atoms with E-state index in [1.807, 2.05) is 0 Å². The summed E-state index contributed by atoms with van der Waals surface area (Å²) in [4.78, 5) is 8.14. The molecule has 1 unspecified atom stereocenters. The Morgan fingerprint density at radius 1 is 1.46 bits per heavy atom. The van der Waals surface area contributed by atoms with Crippen LogP contribution in [-0.2, 0) is 0 Å². The lowest BCUT2D eigenvalue weighted by Gasteiger charge is -2.05. The summed E-state index contributed by atoms with van der Waals surface area (Å²) in [7, 11) is 0. The third kappa shape index (κ3) is 1.91. The molecule has 2 rings (SSSR count). The van der Waals surface area contributed by atoms with Crippen LogP contribution in [0.4, 0.5) is 5.95 Å². The third-order valence-corrected chi connectivity index (χ3v) is 2.63. The molecule has 1 aliphatic carbocycles. The number of rotatable bonds is 2. The fourth-order valence-electron chi connectivity index (χ4n) is 1.26. The molecular weight excluding hydrogens is 186 g/mol. The zero-order valence-electron chi connectivity index (χ0n) is 7.71. The normalized spacial score (nSPS) is 24.1. The van der Waals surface area contributed by atoms with Gasteiger partial charge in [0.25, 0.3) is 0 Å². The quantitative estimate of drug-likeness (QED) is 0.791. The Kier molecular flexibility index (Phi) is 1.91. The molecule has 0 aromatic carbocycles. The molecule has 1 heterocycles. The van der Waals surface area contributed by atoms with Gasteiger partial charge in [0.2, 0.25) is 5.95 Å². The van der Waals surface area contributed by atoms with E-state index in [-0.39, 0.29) is 0 Å². The molecule has 1 fully saturated rings. The standard InChI is InChI=1S/C9H12ClN3/c1-9(2)3-7(9)13-8-11-4-6(10)5-12-8/h4-5,7H,3H2,1-2H3,(H,11,12,13). The highest BCUT2D eigenvalue weighted by molar-refractivity contribution is 6.30. The summed E-state index contributed by atoms with van der Waals surface area (Å²) < 4.78 is 0. The van der Waals surface area contributed by atoms with Crippen LogP contribution in [0.3, 0.4) is 0 Å². The summed E-state index contributed by atoms with van der Waals surface area (Å²) in [6.45, 7) is 4.45. The molecule has 13 heavy (non-hydrogen) atoms. The van der Waals surface area contributed by atoms with E-state index in [0.717, 1.165) is 0 Å². The molecule has 1 aromatic rings. The van der Waals surface area contributed by atoms with E-state index < -0.39 is 0 Å². The Hall–Kier alpha value is -0.830. The zero-order valence-corrected chi connectivity index (χ0v) is 8.47. The first kappa shape index (κ1) is 8.75. The molecule has 1 atom stereocenters. The Morgan fingerprint density at radius 3 is 2.46 bits per heavy atom. The molecule has 0 aliphatic heterocycles. The van der Waals surface area contributed by atoms with Gasteiger partial charge in [-0.1, -0.05) is 25.4 Å². The van der Waals surface area contributed by atoms with Crippen molar-refractivity contribution in [2.24, 2.45) is 5.41 Å². The Bertz CT molecular complexity index is 307. The molecule has 70 valence electrons. The van der Waals surface area contributed by atoms with Crippen molar-refractivity contribution in [1.29, 1.82) is 0 Å². The van der Waals surface area contributed by atoms with Gasteiger partial charge in [-0.15, -0.1) is 0 Å². The van der Waals surface area contributed by atoms with Crippen LogP contribution in [0.25, 0.3) is 0 Å². The lowest BCUT2D eigenvalue weighted by Crippen LogP contribution is -2.10. The first-order valence-corrected chi connectivity index (χ1v) is 4.70. The van der Waals surface area contributed by atoms with E-state index in [4.69, 9.17) is 11.6 Å². The maximum Gasteiger partial charge on any atom is 0.222 e. The molecule has 4 heteroatoms. The maximum atomic E-state index is 5.67. The minimum absolute atomic E-state index is 0.392. The molecule has 1 saturated carbocycles. The van der Waals surface area contributed by atoms with Crippen molar-refractivity contribution in [3.05, 3.63) is 17.4 Å². The number of aromatic nitrogens is 2. The number of nitrogens with zero attached hydrogens (tertiary/aromatic N) is 2. The minimum atomic E-state index is 0.392. The number of anilines is 1. The van der Waals surface area contributed by atoms with E-state index in [1.165, 1.54) is 6.42 Å². The average Bonchev–Trinajstić information content (AvgIpc) is 2.64. The summed E-state index contributed by atoms with van der Waals surface area (Å²) in [6, 6.07) is 0.508. The first-order chi connectivity index (χ1) is 6.08. The van der Waals surface area contributed by atoms with E-state index in [0.29, 0.717) is 22.4 Å². The largest absolute Gasteiger partial charge is 0.351 e. The number of halogens is 1. The van der Waals surface area contributed by atoms with Crippen LogP contribution in [0, 0.1) is 5.41 Å². The van der Waals surface area contributed by atoms with Gasteiger partial charge in [0.15, 0.2) is 0 Å². The highest BCUT2D eigenvalue weighted by Crippen LogP contribution is 2.46. The summed E-state index contributed by atoms with van der Waals surface area (Å²) in [5.74, 6) is 0.667. The Labute approximate surface area is 82.5 Å². The molecule has 0 saturated heterocycles. The smallest absolute Gasteiger partial charge is 0.222 e. The minimum Gasteiger partial charge on any atom is -0.351 e. The molecule has 0 bridgehead atoms. The van der Waals surface area contributed by atoms with E-state index in [2.05, 4.69) is 29.1 Å². The molecular formula is C9H12ClN3. The highest BCUT2D eigenvalue weighted by Gasteiger charge is 2.46. The van der Waals surface area contributed by atoms with Crippen LogP contribution >= 0.6 is 11.6 Å². The van der Waals surface area contributed by atoms with Crippen LogP contribution in [0.1, 0.15) is 20.3 Å². The maximum absolute atomic E-state index is 5.67. The van der Waals surface area contributed by atoms with Gasteiger partial charge in [-0.05, 0) is 11.8 Å². The van der Waals surface area contributed by atoms with Crippen LogP contribution in [0.15, 0.2) is 12.4 Å². The molecule has 1 aliphatic rings. The van der Waals surface area contributed by atoms with Gasteiger partial charge in [-0.3, -0.25) is 0 Å². The van der Waals surface area contributed by atoms with Crippen LogP contribution < -0.4 is 5.32 Å². The lowest BCUT2D eigenvalue weighted by molar-refractivity contribution is 0.629. The van der Waals surface area contributed by atoms with E-state index >= 15 is 0 Å². The van der Waals surface area contributed by atoms with Crippen molar-refractivity contribution >= 4 is 17.5 Å². The van der Waals surface area contributed by atoms with Crippen molar-refractivity contribution in [3.63, 3.8) is 0 Å². The molecule has 0 radical (unpaired) electrons. The fraction of sp³-hybridized carbons (Fsp3) is 0.556. The second-order valence-corrected chi connectivity index (χ2v) is 4.55. The van der Waals surface area contributed by atoms with Gasteiger partial charge in [0, 0.05) is 6.04 Å². The van der Waals surface area contributed by atoms with Crippen molar-refractivity contribution in [2.75, 3.05) is 5.32 Å². The van der Waals surface area contributed by atoms with Crippen molar-refractivity contribution in [3.8, 4) is 0 Å². The third-order valence-electron chi connectivity index (χ3n) is 2.44. The molecule has 1 N–H and O–H groups in total. The van der Waals surface area contributed by atoms with Gasteiger partial charge < -0.3 is 5.32 Å². The topological polar surface area (TPSA) is 37.8 Å². The highest BCUT2D eigenvalue weighted by atomic mass is 35.5. The second kappa shape index (κ2) is 2.84. The fourth-order valence-corrected chi connectivity index (χ4v) is 1.35. The SMILES string of the molecule is CC1(C)CC1Nc1ncc(Cl)cn1. The second-order valence-electron chi connectivity index (χ2n) is 4.11. The average molecular weight is 198 g/mol. The van der Waals surface area contributed by atoms with E-state index in [9.17, 15) is 0 Å². The summed E-state index contributed by atoms with van der Waals surface area (Å²) in [6.07, 6.45) is 4.39. The summed E-state index contributed by atoms with van der Waals surface area (Å²) in [5.41, 5.74) is 0.392. The molecule has 3 nitrogen and oxygen atoms in total. The lowest BCUT2D eigenvalue weighted by atomic mass is 10.2. The van der Waals surface area contributed by atoms with Crippen LogP contribution in [0.5, 0.6) is 0 Å². The van der Waals surface area contributed by atoms with Crippen LogP contribution in [0.2, 0.25) is 5.02 Å². The Balaban J connectivity index is 2.00. The van der Waals surface area contributed by atoms with Crippen molar-refractivity contribution < 1.29 is 0 Å². The number of hydrogen-bond acceptors (Lipinski definition) is 3. The molecule has 0 spiro atoms. The van der Waals surface area contributed by atoms with Gasteiger partial charge in [0.1, 0.15) is 0 Å². The molecule has 0 amide bonds. The zero-order chi connectivity index (χ0) is 9.47. The van der Waals surface area contributed by atoms with Gasteiger partial charge in [0.05, 0.1) is 17.4 Å². The Morgan fingerprint density at radius 2 is 2.00 bits per heavy atom. The summed E-state index contributed by atoms with van der Waals surface area (Å²) in [5, 5.41) is 3.82. The number of nitrogens with one attached hydrogen (secondary N) is 1. The summed E-state index contributed by atoms with van der Waals surface area (Å²) >= 11 is 5.67. The van der Waals surface area contributed by atoms with Crippen molar-refractivity contribution in [2.45, 2.75) is 26.3 Å². The van der Waals surface area contributed by atoms with Crippen molar-refractivity contribution in [1.82, 2.24) is 9.97 Å².